The number of para-hydroxylation sites is 1. The second-order valence-electron chi connectivity index (χ2n) is 8.47. The SMILES string of the molecule is CCNC(=NCc1ccccc1N1CCOCC1)NCC(c1ccccc1)N1CCCC1. The zero-order valence-corrected chi connectivity index (χ0v) is 19.3. The Labute approximate surface area is 192 Å². The van der Waals surface area contributed by atoms with Crippen LogP contribution in [0, 0.1) is 0 Å². The Morgan fingerprint density at radius 1 is 0.938 bits per heavy atom. The monoisotopic (exact) mass is 435 g/mol. The largest absolute Gasteiger partial charge is 0.378 e. The third-order valence-electron chi connectivity index (χ3n) is 6.32. The fourth-order valence-corrected chi connectivity index (χ4v) is 4.64. The van der Waals surface area contributed by atoms with Crippen LogP contribution in [0.1, 0.15) is 36.9 Å². The average Bonchev–Trinajstić information content (AvgIpc) is 3.39. The van der Waals surface area contributed by atoms with Crippen LogP contribution in [-0.4, -0.2) is 63.3 Å². The Morgan fingerprint density at radius 3 is 2.41 bits per heavy atom. The van der Waals surface area contributed by atoms with E-state index in [0.29, 0.717) is 12.6 Å². The molecule has 6 nitrogen and oxygen atoms in total. The Balaban J connectivity index is 1.45. The number of nitrogens with zero attached hydrogens (tertiary/aromatic N) is 3. The van der Waals surface area contributed by atoms with Crippen molar-refractivity contribution in [2.75, 3.05) is 57.4 Å². The van der Waals surface area contributed by atoms with Gasteiger partial charge in [0.05, 0.1) is 25.8 Å². The van der Waals surface area contributed by atoms with Gasteiger partial charge in [-0.3, -0.25) is 4.90 Å². The normalized spacial score (nSPS) is 18.5. The number of likely N-dealkylation sites (tertiary alicyclic amines) is 1. The summed E-state index contributed by atoms with van der Waals surface area (Å²) in [6.07, 6.45) is 2.58. The molecule has 172 valence electrons. The van der Waals surface area contributed by atoms with Crippen molar-refractivity contribution in [1.29, 1.82) is 0 Å². The number of aliphatic imine (C=N–C) groups is 1. The number of benzene rings is 2. The topological polar surface area (TPSA) is 52.1 Å². The summed E-state index contributed by atoms with van der Waals surface area (Å²) >= 11 is 0. The Kier molecular flexibility index (Phi) is 8.40. The van der Waals surface area contributed by atoms with E-state index in [1.807, 2.05) is 0 Å². The van der Waals surface area contributed by atoms with Crippen LogP contribution in [0.15, 0.2) is 59.6 Å². The predicted molar refractivity (Wildman–Crippen MR) is 132 cm³/mol. The summed E-state index contributed by atoms with van der Waals surface area (Å²) in [6, 6.07) is 19.8. The van der Waals surface area contributed by atoms with Crippen molar-refractivity contribution in [2.45, 2.75) is 32.4 Å². The van der Waals surface area contributed by atoms with Crippen molar-refractivity contribution >= 4 is 11.6 Å². The van der Waals surface area contributed by atoms with Gasteiger partial charge in [0, 0.05) is 31.9 Å². The molecule has 0 amide bonds. The van der Waals surface area contributed by atoms with Gasteiger partial charge in [0.25, 0.3) is 0 Å². The van der Waals surface area contributed by atoms with E-state index in [1.54, 1.807) is 0 Å². The third-order valence-corrected chi connectivity index (χ3v) is 6.32. The van der Waals surface area contributed by atoms with Crippen LogP contribution in [0.2, 0.25) is 0 Å². The number of ether oxygens (including phenoxy) is 1. The van der Waals surface area contributed by atoms with Crippen molar-refractivity contribution in [3.63, 3.8) is 0 Å². The highest BCUT2D eigenvalue weighted by Gasteiger charge is 2.23. The molecule has 0 bridgehead atoms. The highest BCUT2D eigenvalue weighted by Crippen LogP contribution is 2.25. The number of morpholine rings is 1. The van der Waals surface area contributed by atoms with Gasteiger partial charge >= 0.3 is 0 Å². The Morgan fingerprint density at radius 2 is 1.66 bits per heavy atom. The van der Waals surface area contributed by atoms with Crippen molar-refractivity contribution in [3.05, 3.63) is 65.7 Å². The second-order valence-corrected chi connectivity index (χ2v) is 8.47. The Hall–Kier alpha value is -2.57. The van der Waals surface area contributed by atoms with E-state index in [2.05, 4.69) is 82.0 Å². The summed E-state index contributed by atoms with van der Waals surface area (Å²) in [5.41, 5.74) is 3.90. The summed E-state index contributed by atoms with van der Waals surface area (Å²) in [4.78, 5) is 9.96. The van der Waals surface area contributed by atoms with Gasteiger partial charge in [0.1, 0.15) is 0 Å². The molecule has 0 aliphatic carbocycles. The first-order valence-electron chi connectivity index (χ1n) is 12.1. The molecule has 2 aliphatic heterocycles. The maximum Gasteiger partial charge on any atom is 0.191 e. The van der Waals surface area contributed by atoms with Crippen molar-refractivity contribution < 1.29 is 4.74 Å². The lowest BCUT2D eigenvalue weighted by atomic mass is 10.1. The highest BCUT2D eigenvalue weighted by molar-refractivity contribution is 5.80. The lowest BCUT2D eigenvalue weighted by Crippen LogP contribution is -2.42. The van der Waals surface area contributed by atoms with E-state index in [-0.39, 0.29) is 0 Å². The third kappa shape index (κ3) is 6.02. The van der Waals surface area contributed by atoms with Crippen LogP contribution in [0.5, 0.6) is 0 Å². The van der Waals surface area contributed by atoms with Gasteiger partial charge < -0.3 is 20.3 Å². The molecule has 2 aliphatic rings. The van der Waals surface area contributed by atoms with E-state index >= 15 is 0 Å². The zero-order chi connectivity index (χ0) is 22.0. The molecule has 6 heteroatoms. The van der Waals surface area contributed by atoms with E-state index in [9.17, 15) is 0 Å². The molecule has 2 saturated heterocycles. The number of hydrogen-bond donors (Lipinski definition) is 2. The molecule has 2 fully saturated rings. The summed E-state index contributed by atoms with van der Waals surface area (Å²) in [5, 5.41) is 7.07. The van der Waals surface area contributed by atoms with E-state index in [1.165, 1.54) is 42.7 Å². The lowest BCUT2D eigenvalue weighted by Gasteiger charge is -2.30. The molecular weight excluding hydrogens is 398 g/mol. The van der Waals surface area contributed by atoms with Crippen molar-refractivity contribution in [2.24, 2.45) is 4.99 Å². The van der Waals surface area contributed by atoms with Crippen LogP contribution in [0.25, 0.3) is 0 Å². The lowest BCUT2D eigenvalue weighted by molar-refractivity contribution is 0.122. The standard InChI is InChI=1S/C26H37N5O/c1-2-27-26(28-20-23-12-6-7-13-24(23)31-16-18-32-19-17-31)29-21-25(30-14-8-9-15-30)22-10-4-3-5-11-22/h3-7,10-13,25H,2,8-9,14-21H2,1H3,(H2,27,28,29). The van der Waals surface area contributed by atoms with Crippen LogP contribution in [-0.2, 0) is 11.3 Å². The molecule has 0 spiro atoms. The smallest absolute Gasteiger partial charge is 0.191 e. The molecular formula is C26H37N5O. The minimum absolute atomic E-state index is 0.364. The summed E-state index contributed by atoms with van der Waals surface area (Å²) in [5.74, 6) is 0.879. The molecule has 4 rings (SSSR count). The molecule has 0 aromatic heterocycles. The molecule has 2 heterocycles. The second kappa shape index (κ2) is 11.9. The molecule has 0 radical (unpaired) electrons. The number of rotatable bonds is 8. The van der Waals surface area contributed by atoms with Crippen LogP contribution < -0.4 is 15.5 Å². The van der Waals surface area contributed by atoms with Crippen molar-refractivity contribution in [1.82, 2.24) is 15.5 Å². The zero-order valence-electron chi connectivity index (χ0n) is 19.3. The minimum Gasteiger partial charge on any atom is -0.378 e. The van der Waals surface area contributed by atoms with E-state index in [0.717, 1.165) is 45.4 Å². The van der Waals surface area contributed by atoms with Gasteiger partial charge in [-0.15, -0.1) is 0 Å². The molecule has 32 heavy (non-hydrogen) atoms. The first-order chi connectivity index (χ1) is 15.8. The molecule has 2 aromatic carbocycles. The average molecular weight is 436 g/mol. The predicted octanol–water partition coefficient (Wildman–Crippen LogP) is 3.42. The van der Waals surface area contributed by atoms with E-state index in [4.69, 9.17) is 9.73 Å². The number of guanidine groups is 1. The maximum atomic E-state index is 5.53. The number of anilines is 1. The van der Waals surface area contributed by atoms with Gasteiger partial charge in [-0.2, -0.15) is 0 Å². The van der Waals surface area contributed by atoms with E-state index < -0.39 is 0 Å². The first-order valence-corrected chi connectivity index (χ1v) is 12.1. The molecule has 2 aromatic rings. The molecule has 1 unspecified atom stereocenters. The minimum atomic E-state index is 0.364. The summed E-state index contributed by atoms with van der Waals surface area (Å²) < 4.78 is 5.53. The van der Waals surface area contributed by atoms with Gasteiger partial charge in [-0.25, -0.2) is 4.99 Å². The van der Waals surface area contributed by atoms with Crippen LogP contribution in [0.3, 0.4) is 0 Å². The molecule has 0 saturated carbocycles. The van der Waals surface area contributed by atoms with Gasteiger partial charge in [-0.05, 0) is 50.0 Å². The first kappa shape index (κ1) is 22.6. The molecule has 2 N–H and O–H groups in total. The Bertz CT molecular complexity index is 844. The molecule has 1 atom stereocenters. The highest BCUT2D eigenvalue weighted by atomic mass is 16.5. The van der Waals surface area contributed by atoms with Gasteiger partial charge in [0.15, 0.2) is 5.96 Å². The fraction of sp³-hybridized carbons (Fsp3) is 0.500. The number of nitrogens with one attached hydrogen (secondary N) is 2. The quantitative estimate of drug-likeness (QED) is 0.492. The number of hydrogen-bond acceptors (Lipinski definition) is 4. The van der Waals surface area contributed by atoms with Crippen LogP contribution >= 0.6 is 0 Å². The van der Waals surface area contributed by atoms with Crippen molar-refractivity contribution in [3.8, 4) is 0 Å². The maximum absolute atomic E-state index is 5.53. The van der Waals surface area contributed by atoms with Crippen LogP contribution in [0.4, 0.5) is 5.69 Å². The summed E-state index contributed by atoms with van der Waals surface area (Å²) in [6.45, 7) is 10.3. The fourth-order valence-electron chi connectivity index (χ4n) is 4.64. The van der Waals surface area contributed by atoms with Gasteiger partial charge in [0.2, 0.25) is 0 Å². The van der Waals surface area contributed by atoms with Gasteiger partial charge in [-0.1, -0.05) is 48.5 Å². The summed E-state index contributed by atoms with van der Waals surface area (Å²) in [7, 11) is 0.